The lowest BCUT2D eigenvalue weighted by molar-refractivity contribution is 0.362. The number of benzene rings is 1. The van der Waals surface area contributed by atoms with Crippen molar-refractivity contribution in [1.29, 1.82) is 0 Å². The number of hydrogen-bond acceptors (Lipinski definition) is 2. The molecule has 0 radical (unpaired) electrons. The Morgan fingerprint density at radius 3 is 2.94 bits per heavy atom. The van der Waals surface area contributed by atoms with Crippen LogP contribution in [0.4, 0.5) is 0 Å². The summed E-state index contributed by atoms with van der Waals surface area (Å²) in [5.74, 6) is 1.78. The third-order valence-electron chi connectivity index (χ3n) is 3.41. The van der Waals surface area contributed by atoms with Gasteiger partial charge in [0.15, 0.2) is 0 Å². The fraction of sp³-hybridized carbons (Fsp3) is 0.571. The normalized spacial score (nSPS) is 23.9. The Morgan fingerprint density at radius 2 is 2.25 bits per heavy atom. The molecule has 0 saturated carbocycles. The highest BCUT2D eigenvalue weighted by molar-refractivity contribution is 5.43. The Balaban J connectivity index is 2.38. The van der Waals surface area contributed by atoms with Crippen LogP contribution in [0.3, 0.4) is 0 Å². The quantitative estimate of drug-likeness (QED) is 0.844. The molecule has 0 bridgehead atoms. The van der Waals surface area contributed by atoms with Gasteiger partial charge in [0.1, 0.15) is 5.75 Å². The van der Waals surface area contributed by atoms with Crippen molar-refractivity contribution in [3.05, 3.63) is 29.3 Å². The number of ether oxygens (including phenoxy) is 1. The monoisotopic (exact) mass is 219 g/mol. The number of fused-ring (bicyclic) bond motifs is 1. The van der Waals surface area contributed by atoms with Crippen molar-refractivity contribution in [3.63, 3.8) is 0 Å². The predicted molar refractivity (Wildman–Crippen MR) is 66.9 cm³/mol. The summed E-state index contributed by atoms with van der Waals surface area (Å²) < 4.78 is 5.46. The van der Waals surface area contributed by atoms with Crippen LogP contribution in [0.2, 0.25) is 0 Å². The summed E-state index contributed by atoms with van der Waals surface area (Å²) in [4.78, 5) is 0. The van der Waals surface area contributed by atoms with E-state index in [1.165, 1.54) is 17.5 Å². The highest BCUT2D eigenvalue weighted by Crippen LogP contribution is 2.37. The third-order valence-corrected chi connectivity index (χ3v) is 3.41. The van der Waals surface area contributed by atoms with Gasteiger partial charge in [-0.25, -0.2) is 0 Å². The SMILES string of the molecule is CCNC1CC(C)Cc2c(OC)cccc21. The van der Waals surface area contributed by atoms with Gasteiger partial charge in [0, 0.05) is 6.04 Å². The van der Waals surface area contributed by atoms with Crippen LogP contribution in [0.25, 0.3) is 0 Å². The molecule has 2 atom stereocenters. The molecule has 1 aliphatic carbocycles. The first-order valence-corrected chi connectivity index (χ1v) is 6.15. The standard InChI is InChI=1S/C14H21NO/c1-4-15-13-9-10(2)8-12-11(13)6-5-7-14(12)16-3/h5-7,10,13,15H,4,8-9H2,1-3H3. The molecule has 0 fully saturated rings. The van der Waals surface area contributed by atoms with Crippen LogP contribution in [0.5, 0.6) is 5.75 Å². The van der Waals surface area contributed by atoms with E-state index >= 15 is 0 Å². The third kappa shape index (κ3) is 2.07. The Kier molecular flexibility index (Phi) is 3.49. The van der Waals surface area contributed by atoms with Gasteiger partial charge in [-0.3, -0.25) is 0 Å². The molecule has 2 rings (SSSR count). The van der Waals surface area contributed by atoms with Gasteiger partial charge in [-0.05, 0) is 42.5 Å². The molecule has 1 aromatic rings. The predicted octanol–water partition coefficient (Wildman–Crippen LogP) is 2.93. The maximum Gasteiger partial charge on any atom is 0.122 e. The zero-order valence-corrected chi connectivity index (χ0v) is 10.4. The molecule has 2 heteroatoms. The van der Waals surface area contributed by atoms with Gasteiger partial charge in [0.05, 0.1) is 7.11 Å². The summed E-state index contributed by atoms with van der Waals surface area (Å²) in [6.07, 6.45) is 2.37. The van der Waals surface area contributed by atoms with E-state index in [4.69, 9.17) is 4.74 Å². The molecule has 0 aliphatic heterocycles. The Morgan fingerprint density at radius 1 is 1.44 bits per heavy atom. The van der Waals surface area contributed by atoms with E-state index in [0.717, 1.165) is 24.6 Å². The van der Waals surface area contributed by atoms with Crippen molar-refractivity contribution >= 4 is 0 Å². The van der Waals surface area contributed by atoms with Crippen molar-refractivity contribution in [3.8, 4) is 5.75 Å². The van der Waals surface area contributed by atoms with Gasteiger partial charge in [-0.2, -0.15) is 0 Å². The fourth-order valence-corrected chi connectivity index (χ4v) is 2.72. The van der Waals surface area contributed by atoms with Gasteiger partial charge in [-0.15, -0.1) is 0 Å². The van der Waals surface area contributed by atoms with Gasteiger partial charge >= 0.3 is 0 Å². The molecular weight excluding hydrogens is 198 g/mol. The van der Waals surface area contributed by atoms with Crippen LogP contribution >= 0.6 is 0 Å². The first kappa shape index (κ1) is 11.5. The summed E-state index contributed by atoms with van der Waals surface area (Å²) in [6, 6.07) is 6.90. The van der Waals surface area contributed by atoms with E-state index in [2.05, 4.69) is 37.4 Å². The zero-order valence-electron chi connectivity index (χ0n) is 10.4. The Hall–Kier alpha value is -1.02. The molecular formula is C14H21NO. The van der Waals surface area contributed by atoms with Crippen LogP contribution in [-0.4, -0.2) is 13.7 Å². The summed E-state index contributed by atoms with van der Waals surface area (Å²) in [5, 5.41) is 3.57. The van der Waals surface area contributed by atoms with E-state index in [1.807, 2.05) is 0 Å². The van der Waals surface area contributed by atoms with Gasteiger partial charge in [0.25, 0.3) is 0 Å². The van der Waals surface area contributed by atoms with Crippen LogP contribution in [0, 0.1) is 5.92 Å². The second kappa shape index (κ2) is 4.88. The molecule has 1 N–H and O–H groups in total. The van der Waals surface area contributed by atoms with Crippen molar-refractivity contribution < 1.29 is 4.74 Å². The first-order chi connectivity index (χ1) is 7.76. The molecule has 2 nitrogen and oxygen atoms in total. The van der Waals surface area contributed by atoms with Crippen molar-refractivity contribution in [2.75, 3.05) is 13.7 Å². The van der Waals surface area contributed by atoms with Crippen LogP contribution in [0.15, 0.2) is 18.2 Å². The molecule has 2 unspecified atom stereocenters. The van der Waals surface area contributed by atoms with E-state index in [1.54, 1.807) is 7.11 Å². The highest BCUT2D eigenvalue weighted by atomic mass is 16.5. The first-order valence-electron chi connectivity index (χ1n) is 6.15. The topological polar surface area (TPSA) is 21.3 Å². The second-order valence-electron chi connectivity index (χ2n) is 4.68. The largest absolute Gasteiger partial charge is 0.496 e. The number of rotatable bonds is 3. The summed E-state index contributed by atoms with van der Waals surface area (Å²) in [7, 11) is 1.76. The number of methoxy groups -OCH3 is 1. The minimum absolute atomic E-state index is 0.499. The summed E-state index contributed by atoms with van der Waals surface area (Å²) in [5.41, 5.74) is 2.83. The van der Waals surface area contributed by atoms with Crippen molar-refractivity contribution in [2.24, 2.45) is 5.92 Å². The van der Waals surface area contributed by atoms with Crippen molar-refractivity contribution in [2.45, 2.75) is 32.7 Å². The maximum atomic E-state index is 5.46. The average molecular weight is 219 g/mol. The summed E-state index contributed by atoms with van der Waals surface area (Å²) >= 11 is 0. The van der Waals surface area contributed by atoms with E-state index < -0.39 is 0 Å². The lowest BCUT2D eigenvalue weighted by Gasteiger charge is -2.31. The number of hydrogen-bond donors (Lipinski definition) is 1. The lowest BCUT2D eigenvalue weighted by atomic mass is 9.81. The Bertz CT molecular complexity index is 362. The average Bonchev–Trinajstić information content (AvgIpc) is 2.28. The molecule has 0 heterocycles. The van der Waals surface area contributed by atoms with Gasteiger partial charge < -0.3 is 10.1 Å². The molecule has 0 saturated heterocycles. The van der Waals surface area contributed by atoms with E-state index in [0.29, 0.717) is 6.04 Å². The van der Waals surface area contributed by atoms with Crippen LogP contribution in [0.1, 0.15) is 37.4 Å². The van der Waals surface area contributed by atoms with Gasteiger partial charge in [-0.1, -0.05) is 26.0 Å². The second-order valence-corrected chi connectivity index (χ2v) is 4.68. The minimum Gasteiger partial charge on any atom is -0.496 e. The van der Waals surface area contributed by atoms with E-state index in [9.17, 15) is 0 Å². The van der Waals surface area contributed by atoms with Crippen LogP contribution in [-0.2, 0) is 6.42 Å². The molecule has 0 spiro atoms. The minimum atomic E-state index is 0.499. The number of nitrogens with one attached hydrogen (secondary N) is 1. The van der Waals surface area contributed by atoms with Crippen molar-refractivity contribution in [1.82, 2.24) is 5.32 Å². The molecule has 0 aromatic heterocycles. The smallest absolute Gasteiger partial charge is 0.122 e. The molecule has 0 amide bonds. The highest BCUT2D eigenvalue weighted by Gasteiger charge is 2.25. The van der Waals surface area contributed by atoms with Gasteiger partial charge in [0.2, 0.25) is 0 Å². The fourth-order valence-electron chi connectivity index (χ4n) is 2.72. The lowest BCUT2D eigenvalue weighted by Crippen LogP contribution is -2.28. The maximum absolute atomic E-state index is 5.46. The van der Waals surface area contributed by atoms with Crippen LogP contribution < -0.4 is 10.1 Å². The summed E-state index contributed by atoms with van der Waals surface area (Å²) in [6.45, 7) is 5.51. The molecule has 1 aliphatic rings. The zero-order chi connectivity index (χ0) is 11.5. The van der Waals surface area contributed by atoms with E-state index in [-0.39, 0.29) is 0 Å². The molecule has 1 aromatic carbocycles. The molecule has 88 valence electrons. The Labute approximate surface area is 98.0 Å². The molecule has 16 heavy (non-hydrogen) atoms.